The molecule has 0 unspecified atom stereocenters. The Morgan fingerprint density at radius 2 is 2.26 bits per heavy atom. The van der Waals surface area contributed by atoms with E-state index in [4.69, 9.17) is 10.4 Å². The van der Waals surface area contributed by atoms with E-state index in [0.717, 1.165) is 0 Å². The third-order valence-electron chi connectivity index (χ3n) is 2.64. The van der Waals surface area contributed by atoms with Gasteiger partial charge < -0.3 is 10.0 Å². The fourth-order valence-electron chi connectivity index (χ4n) is 1.71. The number of nitro groups is 1. The first-order valence-electron chi connectivity index (χ1n) is 5.94. The summed E-state index contributed by atoms with van der Waals surface area (Å²) in [5.74, 6) is 0.505. The molecule has 7 heteroatoms. The maximum Gasteiger partial charge on any atom is 0.305 e. The fraction of sp³-hybridized carbons (Fsp3) is 0.500. The van der Waals surface area contributed by atoms with Gasteiger partial charge in [0.2, 0.25) is 5.69 Å². The molecule has 0 radical (unpaired) electrons. The maximum absolute atomic E-state index is 10.7. The molecule has 0 spiro atoms. The topological polar surface area (TPSA) is 103 Å². The highest BCUT2D eigenvalue weighted by molar-refractivity contribution is 5.51. The number of aliphatic hydroxyl groups is 1. The molecule has 0 saturated carbocycles. The van der Waals surface area contributed by atoms with Crippen molar-refractivity contribution >= 4 is 11.5 Å². The van der Waals surface area contributed by atoms with Gasteiger partial charge >= 0.3 is 5.69 Å². The van der Waals surface area contributed by atoms with Crippen molar-refractivity contribution in [1.82, 2.24) is 4.98 Å². The van der Waals surface area contributed by atoms with Gasteiger partial charge in [0.15, 0.2) is 0 Å². The molecule has 1 rings (SSSR count). The largest absolute Gasteiger partial charge is 0.396 e. The molecule has 0 aliphatic carbocycles. The number of hydrogen-bond donors (Lipinski definition) is 1. The molecule has 0 aliphatic heterocycles. The predicted octanol–water partition coefficient (Wildman–Crippen LogP) is 1.46. The van der Waals surface area contributed by atoms with Crippen LogP contribution in [0.2, 0.25) is 0 Å². The minimum Gasteiger partial charge on any atom is -0.396 e. The van der Waals surface area contributed by atoms with Crippen molar-refractivity contribution in [2.24, 2.45) is 0 Å². The molecule has 0 atom stereocenters. The van der Waals surface area contributed by atoms with Gasteiger partial charge in [-0.25, -0.2) is 4.98 Å². The number of nitriles is 1. The summed E-state index contributed by atoms with van der Waals surface area (Å²) in [6.07, 6.45) is 0.568. The third-order valence-corrected chi connectivity index (χ3v) is 2.64. The van der Waals surface area contributed by atoms with Gasteiger partial charge in [0.1, 0.15) is 11.9 Å². The van der Waals surface area contributed by atoms with Crippen molar-refractivity contribution in [2.45, 2.75) is 26.3 Å². The van der Waals surface area contributed by atoms with Crippen LogP contribution < -0.4 is 4.90 Å². The minimum atomic E-state index is -0.622. The van der Waals surface area contributed by atoms with Crippen molar-refractivity contribution in [3.8, 4) is 6.07 Å². The molecule has 0 saturated heterocycles. The summed E-state index contributed by atoms with van der Waals surface area (Å²) in [6, 6.07) is 4.67. The number of pyridine rings is 1. The molecule has 1 aromatic rings. The summed E-state index contributed by atoms with van der Waals surface area (Å²) in [4.78, 5) is 16.0. The standard InChI is InChI=1S/C12H16N4O3/c1-9(2)15(6-3-7-17)12-5-4-11(16(18)19)10(8-13)14-12/h4-5,9,17H,3,6-7H2,1-2H3. The molecule has 0 amide bonds. The van der Waals surface area contributed by atoms with Crippen LogP contribution in [0.25, 0.3) is 0 Å². The van der Waals surface area contributed by atoms with Crippen molar-refractivity contribution in [2.75, 3.05) is 18.1 Å². The Morgan fingerprint density at radius 3 is 2.74 bits per heavy atom. The number of nitrogens with zero attached hydrogens (tertiary/aromatic N) is 4. The number of aromatic nitrogens is 1. The SMILES string of the molecule is CC(C)N(CCCO)c1ccc([N+](=O)[O-])c(C#N)n1. The lowest BCUT2D eigenvalue weighted by atomic mass is 10.2. The Morgan fingerprint density at radius 1 is 1.58 bits per heavy atom. The Hall–Kier alpha value is -2.20. The molecule has 102 valence electrons. The Bertz CT molecular complexity index is 496. The van der Waals surface area contributed by atoms with Gasteiger partial charge in [-0.05, 0) is 26.3 Å². The number of aliphatic hydroxyl groups excluding tert-OH is 1. The molecule has 7 nitrogen and oxygen atoms in total. The number of rotatable bonds is 6. The van der Waals surface area contributed by atoms with Crippen LogP contribution in [0.1, 0.15) is 26.0 Å². The second-order valence-electron chi connectivity index (χ2n) is 4.27. The minimum absolute atomic E-state index is 0.0569. The summed E-state index contributed by atoms with van der Waals surface area (Å²) in [5.41, 5.74) is -0.491. The molecule has 0 fully saturated rings. The van der Waals surface area contributed by atoms with E-state index < -0.39 is 4.92 Å². The highest BCUT2D eigenvalue weighted by atomic mass is 16.6. The lowest BCUT2D eigenvalue weighted by Gasteiger charge is -2.27. The van der Waals surface area contributed by atoms with E-state index in [1.807, 2.05) is 18.7 Å². The van der Waals surface area contributed by atoms with Gasteiger partial charge in [-0.2, -0.15) is 5.26 Å². The molecule has 1 N–H and O–H groups in total. The quantitative estimate of drug-likeness (QED) is 0.616. The maximum atomic E-state index is 10.7. The van der Waals surface area contributed by atoms with Crippen molar-refractivity contribution < 1.29 is 10.0 Å². The molecule has 0 aromatic carbocycles. The first kappa shape index (κ1) is 14.9. The van der Waals surface area contributed by atoms with Gasteiger partial charge in [0, 0.05) is 25.3 Å². The second-order valence-corrected chi connectivity index (χ2v) is 4.27. The van der Waals surface area contributed by atoms with Gasteiger partial charge in [0.05, 0.1) is 4.92 Å². The van der Waals surface area contributed by atoms with Crippen LogP contribution in [-0.4, -0.2) is 34.2 Å². The predicted molar refractivity (Wildman–Crippen MR) is 69.8 cm³/mol. The summed E-state index contributed by atoms with van der Waals surface area (Å²) in [6.45, 7) is 4.53. The lowest BCUT2D eigenvalue weighted by Crippen LogP contribution is -2.33. The molecule has 0 bridgehead atoms. The van der Waals surface area contributed by atoms with E-state index >= 15 is 0 Å². The average molecular weight is 264 g/mol. The van der Waals surface area contributed by atoms with Crippen LogP contribution in [0.15, 0.2) is 12.1 Å². The van der Waals surface area contributed by atoms with E-state index in [-0.39, 0.29) is 24.0 Å². The van der Waals surface area contributed by atoms with Crippen LogP contribution in [-0.2, 0) is 0 Å². The van der Waals surface area contributed by atoms with Gasteiger partial charge in [0.25, 0.3) is 0 Å². The Kier molecular flexibility index (Phi) is 5.21. The van der Waals surface area contributed by atoms with E-state index in [1.54, 1.807) is 6.07 Å². The first-order chi connectivity index (χ1) is 9.01. The number of anilines is 1. The summed E-state index contributed by atoms with van der Waals surface area (Å²) in [5, 5.41) is 28.5. The van der Waals surface area contributed by atoms with Crippen molar-refractivity contribution in [3.05, 3.63) is 27.9 Å². The van der Waals surface area contributed by atoms with E-state index in [1.165, 1.54) is 12.1 Å². The normalized spacial score (nSPS) is 10.3. The van der Waals surface area contributed by atoms with Gasteiger partial charge in [-0.3, -0.25) is 10.1 Å². The molecule has 0 aliphatic rings. The Labute approximate surface area is 111 Å². The van der Waals surface area contributed by atoms with E-state index in [9.17, 15) is 10.1 Å². The molecular formula is C12H16N4O3. The highest BCUT2D eigenvalue weighted by Gasteiger charge is 2.19. The molecule has 1 heterocycles. The van der Waals surface area contributed by atoms with Crippen molar-refractivity contribution in [1.29, 1.82) is 5.26 Å². The fourth-order valence-corrected chi connectivity index (χ4v) is 1.71. The molecule has 1 aromatic heterocycles. The van der Waals surface area contributed by atoms with Crippen LogP contribution >= 0.6 is 0 Å². The number of hydrogen-bond acceptors (Lipinski definition) is 6. The summed E-state index contributed by atoms with van der Waals surface area (Å²) >= 11 is 0. The van der Waals surface area contributed by atoms with Crippen LogP contribution in [0.5, 0.6) is 0 Å². The summed E-state index contributed by atoms with van der Waals surface area (Å²) in [7, 11) is 0. The zero-order chi connectivity index (χ0) is 14.4. The Balaban J connectivity index is 3.12. The van der Waals surface area contributed by atoms with Crippen molar-refractivity contribution in [3.63, 3.8) is 0 Å². The third kappa shape index (κ3) is 3.63. The smallest absolute Gasteiger partial charge is 0.305 e. The van der Waals surface area contributed by atoms with Crippen LogP contribution in [0.4, 0.5) is 11.5 Å². The summed E-state index contributed by atoms with van der Waals surface area (Å²) < 4.78 is 0. The molecular weight excluding hydrogens is 248 g/mol. The second kappa shape index (κ2) is 6.66. The van der Waals surface area contributed by atoms with E-state index in [2.05, 4.69) is 4.98 Å². The average Bonchev–Trinajstić information content (AvgIpc) is 2.38. The van der Waals surface area contributed by atoms with Gasteiger partial charge in [-0.1, -0.05) is 0 Å². The van der Waals surface area contributed by atoms with E-state index in [0.29, 0.717) is 18.8 Å². The first-order valence-corrected chi connectivity index (χ1v) is 5.94. The molecule has 19 heavy (non-hydrogen) atoms. The monoisotopic (exact) mass is 264 g/mol. The lowest BCUT2D eigenvalue weighted by molar-refractivity contribution is -0.385. The van der Waals surface area contributed by atoms with Gasteiger partial charge in [-0.15, -0.1) is 0 Å². The zero-order valence-corrected chi connectivity index (χ0v) is 10.9. The zero-order valence-electron chi connectivity index (χ0n) is 10.9. The van der Waals surface area contributed by atoms with Crippen LogP contribution in [0, 0.1) is 21.4 Å². The van der Waals surface area contributed by atoms with Crippen LogP contribution in [0.3, 0.4) is 0 Å². The highest BCUT2D eigenvalue weighted by Crippen LogP contribution is 2.22.